The van der Waals surface area contributed by atoms with Crippen molar-refractivity contribution >= 4 is 105 Å². The molecule has 6 aliphatic rings. The molecule has 14 N–H and O–H groups in total. The van der Waals surface area contributed by atoms with Gasteiger partial charge in [0.25, 0.3) is 22.9 Å². The van der Waals surface area contributed by atoms with Gasteiger partial charge in [0.2, 0.25) is 41.7 Å². The molecular weight excluding hydrogens is 1750 g/mol. The number of hydrogen-bond acceptors (Lipinski definition) is 31. The number of carbonyl (C=O) groups is 12. The number of hydrogen-bond donors (Lipinski definition) is 13. The lowest BCUT2D eigenvalue weighted by Crippen LogP contribution is -2.61. The molecule has 706 valence electrons. The maximum atomic E-state index is 14.0. The van der Waals surface area contributed by atoms with Crippen LogP contribution in [0.1, 0.15) is 122 Å². The van der Waals surface area contributed by atoms with Crippen LogP contribution in [0.2, 0.25) is 0 Å². The minimum absolute atomic E-state index is 0.00929. The number of unbranched alkanes of at least 4 members (excludes halogenated alkanes) is 1. The number of esters is 1. The van der Waals surface area contributed by atoms with Gasteiger partial charge in [-0.15, -0.1) is 0 Å². The summed E-state index contributed by atoms with van der Waals surface area (Å²) in [5, 5.41) is 81.3. The van der Waals surface area contributed by atoms with Crippen molar-refractivity contribution in [3.05, 3.63) is 192 Å². The second kappa shape index (κ2) is 40.8. The van der Waals surface area contributed by atoms with Crippen LogP contribution in [0.4, 0.5) is 21.0 Å². The molecule has 6 aliphatic heterocycles. The van der Waals surface area contributed by atoms with Gasteiger partial charge in [0.1, 0.15) is 79.4 Å². The summed E-state index contributed by atoms with van der Waals surface area (Å²) in [4.78, 5) is 199. The topological polar surface area (TPSA) is 578 Å². The van der Waals surface area contributed by atoms with Crippen molar-refractivity contribution in [2.45, 2.75) is 167 Å². The van der Waals surface area contributed by atoms with Gasteiger partial charge in [0.15, 0.2) is 18.4 Å². The van der Waals surface area contributed by atoms with E-state index in [0.29, 0.717) is 93.0 Å². The number of nitrogens with one attached hydrogen (secondary N) is 6. The number of nitrogens with zero attached hydrogens (tertiary/aromatic N) is 7. The number of imide groups is 1. The second-order valence-corrected chi connectivity index (χ2v) is 32.7. The average molecular weight is 1850 g/mol. The van der Waals surface area contributed by atoms with Gasteiger partial charge in [0, 0.05) is 84.0 Å². The molecule has 0 saturated carbocycles. The number of benzene rings is 4. The number of anilines is 2. The summed E-state index contributed by atoms with van der Waals surface area (Å²) in [6, 6.07) is 22.4. The maximum Gasteiger partial charge on any atom is 0.514 e. The number of cyclic esters (lactones) is 1. The maximum absolute atomic E-state index is 14.0. The Balaban J connectivity index is 0.541. The fraction of sp³-hybridized carbons (Fsp3) is 0.391. The lowest BCUT2D eigenvalue weighted by Gasteiger charge is -2.38. The molecule has 0 radical (unpaired) electrons. The van der Waals surface area contributed by atoms with Crippen LogP contribution in [-0.2, 0) is 135 Å². The highest BCUT2D eigenvalue weighted by Gasteiger charge is 2.50. The van der Waals surface area contributed by atoms with Crippen LogP contribution in [0.5, 0.6) is 17.2 Å². The van der Waals surface area contributed by atoms with E-state index in [4.69, 9.17) is 53.6 Å². The quantitative estimate of drug-likeness (QED) is 0.00663. The number of nitrogens with two attached hydrogens (primary N) is 1. The van der Waals surface area contributed by atoms with E-state index in [-0.39, 0.29) is 130 Å². The monoisotopic (exact) mass is 1850 g/mol. The van der Waals surface area contributed by atoms with Crippen LogP contribution in [-0.4, -0.2) is 239 Å². The SMILES string of the molecule is C=C1OCc2c(cc3n(c2=O)Cc2c-3nc3ccc(OCNC(=O)OCc4ccc(O[C@@H]5O[C@H](C(=O)O)[C@@H](O)[C@H](O)[C@H]5O)c(NC(=O)CN(C)C(=O)CCNC(=O)CN(CCN5C(=O)C=CC5=O)CC(=O)NCC(=O)N[C@@H](CCCCN)C(=O)Nc5ccc(COC(=O)Oc6ccc7nc8c(c(CC)c7c6)Cn6c-8cc7c(c6=O)COC(=O)[C@]7(O)CC)cc5)c4)cc3c2CC)[C@@]1(O)CC. The third-order valence-corrected chi connectivity index (χ3v) is 24.2. The highest BCUT2D eigenvalue weighted by Crippen LogP contribution is 2.45. The van der Waals surface area contributed by atoms with Crippen LogP contribution in [0, 0.1) is 0 Å². The molecule has 10 heterocycles. The van der Waals surface area contributed by atoms with Crippen LogP contribution in [0.25, 0.3) is 44.6 Å². The molecule has 0 bridgehead atoms. The fourth-order valence-electron chi connectivity index (χ4n) is 16.9. The van der Waals surface area contributed by atoms with Crippen molar-refractivity contribution in [3.63, 3.8) is 0 Å². The first-order valence-corrected chi connectivity index (χ1v) is 43.4. The van der Waals surface area contributed by atoms with E-state index in [1.54, 1.807) is 89.7 Å². The molecule has 8 aromatic rings. The first-order chi connectivity index (χ1) is 64.1. The molecular formula is C92H100N14O28. The van der Waals surface area contributed by atoms with Crippen molar-refractivity contribution in [2.24, 2.45) is 5.73 Å². The number of likely N-dealkylation sites (N-methyl/N-ethyl adjacent to an activating group) is 1. The summed E-state index contributed by atoms with van der Waals surface area (Å²) in [5.74, 6) is -8.02. The van der Waals surface area contributed by atoms with Crippen LogP contribution in [0.15, 0.2) is 125 Å². The number of aliphatic hydroxyl groups excluding tert-OH is 3. The van der Waals surface area contributed by atoms with Gasteiger partial charge in [-0.25, -0.2) is 29.1 Å². The van der Waals surface area contributed by atoms with Crippen molar-refractivity contribution in [2.75, 3.05) is 76.8 Å². The normalized spacial score (nSPS) is 19.0. The summed E-state index contributed by atoms with van der Waals surface area (Å²) < 4.78 is 47.6. The Hall–Kier alpha value is -14.4. The number of carboxylic acid groups (broad SMARTS) is 1. The predicted molar refractivity (Wildman–Crippen MR) is 472 cm³/mol. The third kappa shape index (κ3) is 20.3. The highest BCUT2D eigenvalue weighted by molar-refractivity contribution is 6.13. The number of ether oxygens (including phenoxy) is 8. The van der Waals surface area contributed by atoms with Gasteiger partial charge < -0.3 is 115 Å². The summed E-state index contributed by atoms with van der Waals surface area (Å²) in [7, 11) is 1.26. The van der Waals surface area contributed by atoms with Crippen molar-refractivity contribution in [3.8, 4) is 40.0 Å². The van der Waals surface area contributed by atoms with E-state index in [1.807, 2.05) is 13.8 Å². The largest absolute Gasteiger partial charge is 0.514 e. The minimum atomic E-state index is -2.09. The van der Waals surface area contributed by atoms with Crippen LogP contribution >= 0.6 is 0 Å². The van der Waals surface area contributed by atoms with Crippen molar-refractivity contribution in [1.29, 1.82) is 0 Å². The smallest absolute Gasteiger partial charge is 0.490 e. The van der Waals surface area contributed by atoms with Crippen LogP contribution in [0.3, 0.4) is 0 Å². The molecule has 4 aromatic carbocycles. The Labute approximate surface area is 763 Å². The zero-order chi connectivity index (χ0) is 95.9. The summed E-state index contributed by atoms with van der Waals surface area (Å²) in [6.07, 6.45) is -8.26. The van der Waals surface area contributed by atoms with E-state index >= 15 is 0 Å². The van der Waals surface area contributed by atoms with Crippen LogP contribution < -0.4 is 63.0 Å². The lowest BCUT2D eigenvalue weighted by molar-refractivity contribution is -0.271. The van der Waals surface area contributed by atoms with Gasteiger partial charge in [-0.1, -0.05) is 52.5 Å². The van der Waals surface area contributed by atoms with Gasteiger partial charge in [-0.2, -0.15) is 0 Å². The molecule has 14 rings (SSSR count). The van der Waals surface area contributed by atoms with Gasteiger partial charge in [-0.05, 0) is 147 Å². The number of aryl methyl sites for hydroxylation is 2. The molecule has 0 unspecified atom stereocenters. The number of aromatic nitrogens is 4. The van der Waals surface area contributed by atoms with E-state index in [1.165, 1.54) is 36.2 Å². The number of rotatable bonds is 37. The van der Waals surface area contributed by atoms with Crippen molar-refractivity contribution in [1.82, 2.24) is 55.1 Å². The third-order valence-electron chi connectivity index (χ3n) is 24.2. The Bertz CT molecular complexity index is 6220. The average Bonchev–Trinajstić information content (AvgIpc) is 1.53. The molecule has 1 saturated heterocycles. The van der Waals surface area contributed by atoms with E-state index in [9.17, 15) is 97.8 Å². The number of aliphatic carboxylic acids is 1. The minimum Gasteiger partial charge on any atom is -0.490 e. The molecule has 1 fully saturated rings. The Kier molecular flexibility index (Phi) is 29.1. The van der Waals surface area contributed by atoms with E-state index in [0.717, 1.165) is 49.6 Å². The van der Waals surface area contributed by atoms with E-state index in [2.05, 4.69) is 38.5 Å². The molecule has 0 aliphatic carbocycles. The first kappa shape index (κ1) is 95.7. The summed E-state index contributed by atoms with van der Waals surface area (Å²) in [6.45, 7) is 7.19. The summed E-state index contributed by atoms with van der Waals surface area (Å²) in [5.41, 5.74) is 10.0. The van der Waals surface area contributed by atoms with Gasteiger partial charge in [-0.3, -0.25) is 63.1 Å². The molecule has 8 atom stereocenters. The Morgan fingerprint density at radius 2 is 1.25 bits per heavy atom. The number of carboxylic acids is 1. The molecule has 42 heteroatoms. The Morgan fingerprint density at radius 3 is 1.87 bits per heavy atom. The van der Waals surface area contributed by atoms with Gasteiger partial charge in [0.05, 0.1) is 89.9 Å². The van der Waals surface area contributed by atoms with E-state index < -0.39 is 164 Å². The molecule has 0 spiro atoms. The van der Waals surface area contributed by atoms with Gasteiger partial charge >= 0.3 is 24.2 Å². The number of alkyl carbamates (subject to hydrolysis) is 1. The molecule has 42 nitrogen and oxygen atoms in total. The number of carbonyl (C=O) groups excluding carboxylic acids is 11. The highest BCUT2D eigenvalue weighted by atomic mass is 16.7. The van der Waals surface area contributed by atoms with Crippen molar-refractivity contribution < 1.29 is 126 Å². The predicted octanol–water partition coefficient (Wildman–Crippen LogP) is 2.33. The summed E-state index contributed by atoms with van der Waals surface area (Å²) >= 11 is 0. The fourth-order valence-corrected chi connectivity index (χ4v) is 16.9. The number of fused-ring (bicyclic) bond motifs is 10. The second-order valence-electron chi connectivity index (χ2n) is 32.7. The Morgan fingerprint density at radius 1 is 0.649 bits per heavy atom. The molecule has 134 heavy (non-hydrogen) atoms. The first-order valence-electron chi connectivity index (χ1n) is 43.4. The number of aliphatic hydroxyl groups is 5. The zero-order valence-electron chi connectivity index (χ0n) is 73.6. The standard InChI is InChI=1S/C92H100N14O28/c1-7-53-55-32-51(19-21-63(55)100-77-57(53)37-105-67(77)34-61-59(84(105)118)44-127-47(5)91(61,125)9-3)131-46-96-89(123)129-43-49-16-23-69(133-87-81(116)79(114)80(115)82(134-87)86(120)121)66(31-49)99-73(110)39-102(6)74(111)26-28-94-71(108)40-103(29-30-104-75(112)24-25-76(104)113)41-72(109)95-36-70(107)98-65(13-11-12-27-93)83(117)97-50-17-14-48(15-18-50)42-130-90(124)132-52-20-22-64-56(33-52)54(8-2)58-38-106-68(78(58)101-64)35-62-60(85(106)119)45-128-88(122)92(62,126)10-4/h14-25,31-35,65,79-82,87,114-116,125-126H,5,7-13,26-30,36-46,93H2,1-4,6H3,(H,94,108)(H,95,109)(H,96,123)(H,97,117)(H,98,107)(H,99,110)(H,120,121)/t65-,79-,80-,81+,82-,87+,91+,92-/m0/s1. The molecule has 9 amide bonds. The zero-order valence-corrected chi connectivity index (χ0v) is 73.6. The number of amides is 9. The molecule has 4 aromatic heterocycles. The lowest BCUT2D eigenvalue weighted by atomic mass is 9.84. The number of pyridine rings is 4.